The fourth-order valence-corrected chi connectivity index (χ4v) is 5.12. The van der Waals surface area contributed by atoms with Crippen LogP contribution in [0.2, 0.25) is 0 Å². The number of nitrogens with one attached hydrogen (secondary N) is 2. The number of halogens is 1. The highest BCUT2D eigenvalue weighted by molar-refractivity contribution is 7.71. The van der Waals surface area contributed by atoms with E-state index in [1.54, 1.807) is 32.0 Å². The van der Waals surface area contributed by atoms with E-state index >= 15 is 4.39 Å². The predicted octanol–water partition coefficient (Wildman–Crippen LogP) is 3.03. The van der Waals surface area contributed by atoms with Crippen LogP contribution in [0.1, 0.15) is 33.9 Å². The van der Waals surface area contributed by atoms with Gasteiger partial charge in [-0.2, -0.15) is 5.09 Å². The number of aliphatic hydroxyl groups is 1. The molecule has 3 N–H and O–H groups in total. The Hall–Kier alpha value is -2.41. The summed E-state index contributed by atoms with van der Waals surface area (Å²) in [5, 5.41) is 13.1. The standard InChI is InChI=1S/C22H29FN3O8PS/c1-13(2)32-19(28)14(3)25-35(30,34-15-8-6-5-7-9-15)31-12-16-18(27)22(4,23)20(33-16)26-11-10-17(36)24-21(26)29/h5-11,13-14,16,18,20,27H,12H2,1-4H3,(H,25,30)(H,24,29,36)/t14-,16+,18?,20+,22?,35?/m0/s1. The summed E-state index contributed by atoms with van der Waals surface area (Å²) in [7, 11) is -4.28. The second kappa shape index (κ2) is 11.3. The summed E-state index contributed by atoms with van der Waals surface area (Å²) in [5.41, 5.74) is -3.15. The number of para-hydroxylation sites is 1. The van der Waals surface area contributed by atoms with E-state index < -0.39 is 62.3 Å². The van der Waals surface area contributed by atoms with Gasteiger partial charge in [-0.15, -0.1) is 0 Å². The van der Waals surface area contributed by atoms with Crippen molar-refractivity contribution in [2.45, 2.75) is 63.9 Å². The molecule has 14 heteroatoms. The molecule has 0 amide bonds. The Morgan fingerprint density at radius 3 is 2.61 bits per heavy atom. The van der Waals surface area contributed by atoms with E-state index in [9.17, 15) is 19.3 Å². The lowest BCUT2D eigenvalue weighted by molar-refractivity contribution is -0.149. The smallest absolute Gasteiger partial charge is 0.459 e. The van der Waals surface area contributed by atoms with Crippen molar-refractivity contribution in [2.75, 3.05) is 6.61 Å². The van der Waals surface area contributed by atoms with Gasteiger partial charge in [0.15, 0.2) is 11.9 Å². The maximum absolute atomic E-state index is 15.5. The second-order valence-corrected chi connectivity index (χ2v) is 10.8. The third-order valence-electron chi connectivity index (χ3n) is 5.26. The van der Waals surface area contributed by atoms with Gasteiger partial charge in [0.05, 0.1) is 12.7 Å². The summed E-state index contributed by atoms with van der Waals surface area (Å²) in [5.74, 6) is -0.523. The topological polar surface area (TPSA) is 141 Å². The number of aromatic nitrogens is 2. The fraction of sp³-hybridized carbons (Fsp3) is 0.500. The van der Waals surface area contributed by atoms with Gasteiger partial charge in [-0.1, -0.05) is 30.4 Å². The van der Waals surface area contributed by atoms with Crippen LogP contribution in [-0.4, -0.2) is 57.3 Å². The van der Waals surface area contributed by atoms with Gasteiger partial charge < -0.3 is 19.1 Å². The van der Waals surface area contributed by atoms with Crippen LogP contribution in [0.25, 0.3) is 0 Å². The van der Waals surface area contributed by atoms with Crippen LogP contribution in [0.4, 0.5) is 4.39 Å². The van der Waals surface area contributed by atoms with E-state index in [0.29, 0.717) is 0 Å². The van der Waals surface area contributed by atoms with Crippen molar-refractivity contribution >= 4 is 25.9 Å². The SMILES string of the molecule is CC(C)OC(=O)[C@H](C)NP(=O)(OC[C@H]1O[C@@H](n2ccc(=S)[nH]c2=O)C(C)(F)C1O)Oc1ccccc1. The number of hydrogen-bond donors (Lipinski definition) is 3. The van der Waals surface area contributed by atoms with Crippen molar-refractivity contribution in [3.8, 4) is 5.75 Å². The minimum Gasteiger partial charge on any atom is -0.462 e. The van der Waals surface area contributed by atoms with Crippen LogP contribution in [0.3, 0.4) is 0 Å². The number of benzene rings is 1. The number of hydrogen-bond acceptors (Lipinski definition) is 9. The molecule has 0 spiro atoms. The Balaban J connectivity index is 1.80. The predicted molar refractivity (Wildman–Crippen MR) is 130 cm³/mol. The van der Waals surface area contributed by atoms with Gasteiger partial charge in [0, 0.05) is 6.20 Å². The quantitative estimate of drug-likeness (QED) is 0.232. The van der Waals surface area contributed by atoms with Crippen molar-refractivity contribution < 1.29 is 37.4 Å². The van der Waals surface area contributed by atoms with Crippen molar-refractivity contribution in [1.29, 1.82) is 0 Å². The number of nitrogens with zero attached hydrogens (tertiary/aromatic N) is 1. The number of rotatable bonds is 10. The molecule has 0 radical (unpaired) electrons. The van der Waals surface area contributed by atoms with Crippen LogP contribution < -0.4 is 15.3 Å². The number of carbonyl (C=O) groups is 1. The van der Waals surface area contributed by atoms with Gasteiger partial charge in [-0.05, 0) is 45.9 Å². The Labute approximate surface area is 212 Å². The summed E-state index contributed by atoms with van der Waals surface area (Å²) >= 11 is 4.89. The lowest BCUT2D eigenvalue weighted by atomic mass is 9.98. The number of aliphatic hydroxyl groups excluding tert-OH is 1. The Morgan fingerprint density at radius 2 is 2.00 bits per heavy atom. The number of H-pyrrole nitrogens is 1. The molecule has 6 atom stereocenters. The highest BCUT2D eigenvalue weighted by atomic mass is 32.1. The lowest BCUT2D eigenvalue weighted by Gasteiger charge is -2.25. The van der Waals surface area contributed by atoms with Crippen LogP contribution in [0.5, 0.6) is 5.75 Å². The van der Waals surface area contributed by atoms with Gasteiger partial charge in [0.25, 0.3) is 0 Å². The highest BCUT2D eigenvalue weighted by Crippen LogP contribution is 2.47. The monoisotopic (exact) mass is 545 g/mol. The van der Waals surface area contributed by atoms with Crippen molar-refractivity contribution in [3.63, 3.8) is 0 Å². The van der Waals surface area contributed by atoms with Crippen molar-refractivity contribution in [1.82, 2.24) is 14.6 Å². The van der Waals surface area contributed by atoms with Crippen LogP contribution in [0.15, 0.2) is 47.4 Å². The molecule has 198 valence electrons. The first-order valence-corrected chi connectivity index (χ1v) is 13.1. The second-order valence-electron chi connectivity index (χ2n) is 8.67. The van der Waals surface area contributed by atoms with Crippen LogP contribution in [0, 0.1) is 4.64 Å². The van der Waals surface area contributed by atoms with E-state index in [4.69, 9.17) is 30.7 Å². The molecule has 0 saturated carbocycles. The van der Waals surface area contributed by atoms with E-state index in [2.05, 4.69) is 10.1 Å². The largest absolute Gasteiger partial charge is 0.462 e. The number of ether oxygens (including phenoxy) is 2. The van der Waals surface area contributed by atoms with Gasteiger partial charge in [0.2, 0.25) is 0 Å². The molecule has 3 rings (SSSR count). The van der Waals surface area contributed by atoms with E-state index in [1.807, 2.05) is 0 Å². The van der Waals surface area contributed by atoms with Gasteiger partial charge in [-0.3, -0.25) is 18.9 Å². The van der Waals surface area contributed by atoms with Gasteiger partial charge >= 0.3 is 19.4 Å². The minimum atomic E-state index is -4.28. The summed E-state index contributed by atoms with van der Waals surface area (Å²) in [4.78, 5) is 26.9. The third kappa shape index (κ3) is 6.67. The molecule has 11 nitrogen and oxygen atoms in total. The molecule has 1 aromatic carbocycles. The Morgan fingerprint density at radius 1 is 1.33 bits per heavy atom. The maximum atomic E-state index is 15.5. The molecule has 2 aromatic rings. The first-order chi connectivity index (χ1) is 16.8. The van der Waals surface area contributed by atoms with Crippen molar-refractivity contribution in [2.24, 2.45) is 0 Å². The number of alkyl halides is 1. The van der Waals surface area contributed by atoms with E-state index in [1.165, 1.54) is 31.3 Å². The summed E-state index contributed by atoms with van der Waals surface area (Å²) < 4.78 is 51.9. The maximum Gasteiger partial charge on any atom is 0.459 e. The number of carbonyl (C=O) groups excluding carboxylic acids is 1. The zero-order valence-electron chi connectivity index (χ0n) is 20.1. The number of esters is 1. The molecule has 1 aliphatic rings. The lowest BCUT2D eigenvalue weighted by Crippen LogP contribution is -2.43. The van der Waals surface area contributed by atoms with Crippen molar-refractivity contribution in [3.05, 3.63) is 57.7 Å². The van der Waals surface area contributed by atoms with Gasteiger partial charge in [0.1, 0.15) is 28.6 Å². The molecular formula is C22H29FN3O8PS. The summed E-state index contributed by atoms with van der Waals surface area (Å²) in [6.07, 6.45) is -3.79. The average Bonchev–Trinajstić information content (AvgIpc) is 3.01. The average molecular weight is 546 g/mol. The highest BCUT2D eigenvalue weighted by Gasteiger charge is 2.55. The molecule has 0 bridgehead atoms. The molecule has 0 aliphatic carbocycles. The Bertz CT molecular complexity index is 1220. The first kappa shape index (κ1) is 28.2. The molecule has 36 heavy (non-hydrogen) atoms. The van der Waals surface area contributed by atoms with Gasteiger partial charge in [-0.25, -0.2) is 13.8 Å². The summed E-state index contributed by atoms with van der Waals surface area (Å²) in [6, 6.07) is 8.32. The van der Waals surface area contributed by atoms with Crippen LogP contribution in [-0.2, 0) is 23.4 Å². The molecule has 3 unspecified atom stereocenters. The fourth-order valence-electron chi connectivity index (χ4n) is 3.47. The number of aromatic amines is 1. The molecular weight excluding hydrogens is 516 g/mol. The minimum absolute atomic E-state index is 0.144. The zero-order valence-corrected chi connectivity index (χ0v) is 21.8. The third-order valence-corrected chi connectivity index (χ3v) is 7.14. The molecule has 1 aliphatic heterocycles. The molecule has 1 aromatic heterocycles. The van der Waals surface area contributed by atoms with E-state index in [-0.39, 0.29) is 10.4 Å². The zero-order chi connectivity index (χ0) is 26.7. The van der Waals surface area contributed by atoms with Crippen LogP contribution >= 0.6 is 20.0 Å². The molecule has 1 saturated heterocycles. The molecule has 2 heterocycles. The first-order valence-electron chi connectivity index (χ1n) is 11.1. The Kier molecular flexibility index (Phi) is 8.86. The van der Waals surface area contributed by atoms with E-state index in [0.717, 1.165) is 11.5 Å². The summed E-state index contributed by atoms with van der Waals surface area (Å²) in [6.45, 7) is 5.21. The normalized spacial score (nSPS) is 26.4. The molecule has 1 fully saturated rings.